The van der Waals surface area contributed by atoms with E-state index in [9.17, 15) is 4.79 Å². The molecule has 0 saturated heterocycles. The summed E-state index contributed by atoms with van der Waals surface area (Å²) in [6.45, 7) is 12.2. The normalized spacial score (nSPS) is 21.5. The third kappa shape index (κ3) is 8.65. The number of carbonyl (C=O) groups is 1. The van der Waals surface area contributed by atoms with E-state index in [1.165, 1.54) is 6.42 Å². The maximum atomic E-state index is 11.8. The summed E-state index contributed by atoms with van der Waals surface area (Å²) < 4.78 is 5.27. The van der Waals surface area contributed by atoms with E-state index in [0.717, 1.165) is 5.96 Å². The van der Waals surface area contributed by atoms with Gasteiger partial charge in [0.1, 0.15) is 5.60 Å². The third-order valence-electron chi connectivity index (χ3n) is 3.19. The number of carbonyl (C=O) groups excluding carboxylic acids is 1. The largest absolute Gasteiger partial charge is 0.444 e. The van der Waals surface area contributed by atoms with Gasteiger partial charge in [-0.2, -0.15) is 0 Å². The molecule has 1 fully saturated rings. The van der Waals surface area contributed by atoms with Crippen molar-refractivity contribution in [2.45, 2.75) is 65.1 Å². The van der Waals surface area contributed by atoms with Crippen LogP contribution >= 0.6 is 24.0 Å². The summed E-state index contributed by atoms with van der Waals surface area (Å²) in [6.07, 6.45) is 0.772. The molecule has 1 aliphatic carbocycles. The molecule has 6 nitrogen and oxygen atoms in total. The molecule has 22 heavy (non-hydrogen) atoms. The summed E-state index contributed by atoms with van der Waals surface area (Å²) >= 11 is 0. The van der Waals surface area contributed by atoms with Crippen molar-refractivity contribution in [3.63, 3.8) is 0 Å². The number of amides is 1. The molecule has 0 heterocycles. The molecule has 0 radical (unpaired) electrons. The van der Waals surface area contributed by atoms with Crippen molar-refractivity contribution in [1.29, 1.82) is 0 Å². The van der Waals surface area contributed by atoms with Crippen LogP contribution in [0.1, 0.15) is 48.0 Å². The predicted octanol–water partition coefficient (Wildman–Crippen LogP) is 2.48. The van der Waals surface area contributed by atoms with Gasteiger partial charge in [0.2, 0.25) is 0 Å². The van der Waals surface area contributed by atoms with Gasteiger partial charge in [-0.15, -0.1) is 24.0 Å². The van der Waals surface area contributed by atoms with Gasteiger partial charge in [-0.05, 0) is 47.0 Å². The first-order valence-electron chi connectivity index (χ1n) is 7.51. The van der Waals surface area contributed by atoms with E-state index < -0.39 is 17.2 Å². The molecule has 1 aliphatic rings. The van der Waals surface area contributed by atoms with Gasteiger partial charge in [0.15, 0.2) is 5.96 Å². The molecule has 2 unspecified atom stereocenters. The van der Waals surface area contributed by atoms with E-state index >= 15 is 0 Å². The molecule has 0 aromatic heterocycles. The van der Waals surface area contributed by atoms with Gasteiger partial charge in [-0.1, -0.05) is 6.92 Å². The molecule has 3 N–H and O–H groups in total. The van der Waals surface area contributed by atoms with Gasteiger partial charge < -0.3 is 20.7 Å². The molecule has 1 saturated carbocycles. The smallest absolute Gasteiger partial charge is 0.408 e. The molecule has 0 aliphatic heterocycles. The quantitative estimate of drug-likeness (QED) is 0.367. The number of halogens is 1. The zero-order valence-corrected chi connectivity index (χ0v) is 17.1. The summed E-state index contributed by atoms with van der Waals surface area (Å²) in [4.78, 5) is 16.0. The number of nitrogens with one attached hydrogen (secondary N) is 3. The van der Waals surface area contributed by atoms with Crippen LogP contribution < -0.4 is 16.0 Å². The summed E-state index contributed by atoms with van der Waals surface area (Å²) in [5, 5.41) is 9.45. The third-order valence-corrected chi connectivity index (χ3v) is 3.19. The van der Waals surface area contributed by atoms with Crippen LogP contribution in [0.5, 0.6) is 0 Å². The second-order valence-electron chi connectivity index (χ2n) is 7.40. The second kappa shape index (κ2) is 8.21. The number of guanidine groups is 1. The van der Waals surface area contributed by atoms with Gasteiger partial charge in [0.25, 0.3) is 0 Å². The lowest BCUT2D eigenvalue weighted by molar-refractivity contribution is 0.0474. The van der Waals surface area contributed by atoms with Crippen LogP contribution in [0.2, 0.25) is 0 Å². The van der Waals surface area contributed by atoms with Crippen LogP contribution in [0, 0.1) is 5.92 Å². The van der Waals surface area contributed by atoms with Gasteiger partial charge >= 0.3 is 6.09 Å². The number of alkyl carbamates (subject to hydrolysis) is 1. The first-order valence-corrected chi connectivity index (χ1v) is 7.51. The number of aliphatic imine (C=N–C) groups is 1. The van der Waals surface area contributed by atoms with Crippen LogP contribution in [0.15, 0.2) is 4.99 Å². The lowest BCUT2D eigenvalue weighted by Gasteiger charge is -2.29. The summed E-state index contributed by atoms with van der Waals surface area (Å²) in [5.74, 6) is 1.47. The minimum Gasteiger partial charge on any atom is -0.444 e. The van der Waals surface area contributed by atoms with Crippen LogP contribution in [-0.4, -0.2) is 42.8 Å². The molecule has 1 rings (SSSR count). The maximum absolute atomic E-state index is 11.8. The lowest BCUT2D eigenvalue weighted by Crippen LogP contribution is -2.54. The summed E-state index contributed by atoms with van der Waals surface area (Å²) in [6, 6.07) is 0.512. The number of hydrogen-bond acceptors (Lipinski definition) is 3. The van der Waals surface area contributed by atoms with Crippen molar-refractivity contribution in [2.75, 3.05) is 13.6 Å². The van der Waals surface area contributed by atoms with Gasteiger partial charge in [0, 0.05) is 19.6 Å². The van der Waals surface area contributed by atoms with E-state index in [1.54, 1.807) is 7.05 Å². The SMILES string of the molecule is CN=C(NCC(C)(C)NC(=O)OC(C)(C)C)NC1CC1C.I. The molecule has 0 aromatic rings. The van der Waals surface area contributed by atoms with Crippen molar-refractivity contribution in [3.8, 4) is 0 Å². The van der Waals surface area contributed by atoms with Gasteiger partial charge in [0.05, 0.1) is 5.54 Å². The Kier molecular flexibility index (Phi) is 7.94. The van der Waals surface area contributed by atoms with Gasteiger partial charge in [-0.25, -0.2) is 4.79 Å². The fraction of sp³-hybridized carbons (Fsp3) is 0.867. The van der Waals surface area contributed by atoms with Crippen LogP contribution in [-0.2, 0) is 4.74 Å². The zero-order valence-electron chi connectivity index (χ0n) is 14.7. The molecule has 7 heteroatoms. The van der Waals surface area contributed by atoms with E-state index in [2.05, 4.69) is 27.9 Å². The molecule has 0 bridgehead atoms. The molecule has 0 aromatic carbocycles. The van der Waals surface area contributed by atoms with Crippen molar-refractivity contribution < 1.29 is 9.53 Å². The summed E-state index contributed by atoms with van der Waals surface area (Å²) in [7, 11) is 1.75. The zero-order chi connectivity index (χ0) is 16.3. The average molecular weight is 426 g/mol. The molecule has 1 amide bonds. The fourth-order valence-electron chi connectivity index (χ4n) is 1.82. The monoisotopic (exact) mass is 426 g/mol. The predicted molar refractivity (Wildman–Crippen MR) is 101 cm³/mol. The molecular formula is C15H31IN4O2. The Hall–Kier alpha value is -0.730. The molecule has 2 atom stereocenters. The highest BCUT2D eigenvalue weighted by atomic mass is 127. The Bertz CT molecular complexity index is 405. The Labute approximate surface area is 151 Å². The van der Waals surface area contributed by atoms with Crippen molar-refractivity contribution >= 4 is 36.0 Å². The molecular weight excluding hydrogens is 395 g/mol. The number of nitrogens with zero attached hydrogens (tertiary/aromatic N) is 1. The van der Waals surface area contributed by atoms with Crippen LogP contribution in [0.4, 0.5) is 4.79 Å². The van der Waals surface area contributed by atoms with E-state index in [-0.39, 0.29) is 24.0 Å². The van der Waals surface area contributed by atoms with E-state index in [1.807, 2.05) is 34.6 Å². The minimum absolute atomic E-state index is 0. The second-order valence-corrected chi connectivity index (χ2v) is 7.40. The van der Waals surface area contributed by atoms with Gasteiger partial charge in [-0.3, -0.25) is 4.99 Å². The van der Waals surface area contributed by atoms with E-state index in [4.69, 9.17) is 4.74 Å². The fourth-order valence-corrected chi connectivity index (χ4v) is 1.82. The Morgan fingerprint density at radius 1 is 1.27 bits per heavy atom. The maximum Gasteiger partial charge on any atom is 0.408 e. The first kappa shape index (κ1) is 21.3. The number of rotatable bonds is 4. The van der Waals surface area contributed by atoms with Crippen molar-refractivity contribution in [1.82, 2.24) is 16.0 Å². The highest BCUT2D eigenvalue weighted by Gasteiger charge is 2.33. The Morgan fingerprint density at radius 2 is 1.82 bits per heavy atom. The minimum atomic E-state index is -0.493. The topological polar surface area (TPSA) is 74.8 Å². The molecule has 130 valence electrons. The highest BCUT2D eigenvalue weighted by molar-refractivity contribution is 14.0. The van der Waals surface area contributed by atoms with Crippen LogP contribution in [0.25, 0.3) is 0 Å². The summed E-state index contributed by atoms with van der Waals surface area (Å²) in [5.41, 5.74) is -0.928. The Balaban J connectivity index is 0.00000441. The Morgan fingerprint density at radius 3 is 2.23 bits per heavy atom. The van der Waals surface area contributed by atoms with Crippen molar-refractivity contribution in [2.24, 2.45) is 10.9 Å². The van der Waals surface area contributed by atoms with Crippen molar-refractivity contribution in [3.05, 3.63) is 0 Å². The first-order chi connectivity index (χ1) is 9.52. The van der Waals surface area contributed by atoms with Crippen LogP contribution in [0.3, 0.4) is 0 Å². The molecule has 0 spiro atoms. The average Bonchev–Trinajstić information content (AvgIpc) is 2.96. The standard InChI is InChI=1S/C15H30N4O2.HI/c1-10-8-11(10)18-12(16-7)17-9-15(5,6)19-13(20)21-14(2,3)4;/h10-11H,8-9H2,1-7H3,(H,19,20)(H2,16,17,18);1H. The lowest BCUT2D eigenvalue weighted by atomic mass is 10.1. The number of ether oxygens (including phenoxy) is 1. The highest BCUT2D eigenvalue weighted by Crippen LogP contribution is 2.28. The van der Waals surface area contributed by atoms with E-state index in [0.29, 0.717) is 18.5 Å². The number of hydrogen-bond donors (Lipinski definition) is 3.